The normalized spacial score (nSPS) is 21.7. The van der Waals surface area contributed by atoms with Crippen LogP contribution in [0.15, 0.2) is 18.2 Å². The molecule has 1 aromatic rings. The Hall–Kier alpha value is -0.770. The van der Waals surface area contributed by atoms with Gasteiger partial charge < -0.3 is 9.84 Å². The summed E-state index contributed by atoms with van der Waals surface area (Å²) in [6.07, 6.45) is 3.30. The van der Waals surface area contributed by atoms with Gasteiger partial charge in [0.25, 0.3) is 0 Å². The van der Waals surface area contributed by atoms with Gasteiger partial charge in [-0.2, -0.15) is 0 Å². The Labute approximate surface area is 126 Å². The lowest BCUT2D eigenvalue weighted by Crippen LogP contribution is -2.43. The molecule has 112 valence electrons. The average Bonchev–Trinajstić information content (AvgIpc) is 2.40. The highest BCUT2D eigenvalue weighted by atomic mass is 35.5. The van der Waals surface area contributed by atoms with Crippen molar-refractivity contribution in [1.82, 2.24) is 4.90 Å². The predicted molar refractivity (Wildman–Crippen MR) is 82.6 cm³/mol. The summed E-state index contributed by atoms with van der Waals surface area (Å²) in [5, 5.41) is 10.8. The van der Waals surface area contributed by atoms with E-state index in [0.717, 1.165) is 17.9 Å². The van der Waals surface area contributed by atoms with Crippen molar-refractivity contribution >= 4 is 11.6 Å². The maximum absolute atomic E-state index is 10.1. The fourth-order valence-electron chi connectivity index (χ4n) is 2.71. The number of nitrogens with zero attached hydrogens (tertiary/aromatic N) is 1. The molecule has 1 N–H and O–H groups in total. The molecule has 2 rings (SSSR count). The highest BCUT2D eigenvalue weighted by Crippen LogP contribution is 2.22. The van der Waals surface area contributed by atoms with E-state index >= 15 is 0 Å². The number of hydrogen-bond acceptors (Lipinski definition) is 3. The molecule has 0 spiro atoms. The Morgan fingerprint density at radius 2 is 2.25 bits per heavy atom. The monoisotopic (exact) mass is 297 g/mol. The summed E-state index contributed by atoms with van der Waals surface area (Å²) in [5.74, 6) is 0.792. The molecule has 4 heteroatoms. The standard InChI is InChI=1S/C16H24ClNO2/c1-12-9-14(17)6-7-16(12)20-11-15(19)10-18-8-4-3-5-13(18)2/h6-7,9,13,15,19H,3-5,8,10-11H2,1-2H3/t13-,15-/m0/s1. The summed E-state index contributed by atoms with van der Waals surface area (Å²) in [4.78, 5) is 2.35. The van der Waals surface area contributed by atoms with Gasteiger partial charge in [0.05, 0.1) is 0 Å². The van der Waals surface area contributed by atoms with Crippen molar-refractivity contribution < 1.29 is 9.84 Å². The number of ether oxygens (including phenoxy) is 1. The molecule has 1 saturated heterocycles. The van der Waals surface area contributed by atoms with E-state index in [2.05, 4.69) is 11.8 Å². The molecule has 0 radical (unpaired) electrons. The van der Waals surface area contributed by atoms with Crippen molar-refractivity contribution in [3.63, 3.8) is 0 Å². The van der Waals surface area contributed by atoms with Crippen molar-refractivity contribution in [2.75, 3.05) is 19.7 Å². The largest absolute Gasteiger partial charge is 0.491 e. The van der Waals surface area contributed by atoms with Gasteiger partial charge in [0.1, 0.15) is 18.5 Å². The van der Waals surface area contributed by atoms with Gasteiger partial charge in [-0.1, -0.05) is 18.0 Å². The molecule has 0 bridgehead atoms. The maximum atomic E-state index is 10.1. The van der Waals surface area contributed by atoms with Crippen molar-refractivity contribution in [3.8, 4) is 5.75 Å². The Kier molecular flexibility index (Phi) is 5.70. The Morgan fingerprint density at radius 3 is 2.95 bits per heavy atom. The minimum Gasteiger partial charge on any atom is -0.491 e. The molecular formula is C16H24ClNO2. The number of aliphatic hydroxyl groups excluding tert-OH is 1. The first kappa shape index (κ1) is 15.6. The molecule has 0 aromatic heterocycles. The first-order chi connectivity index (χ1) is 9.56. The van der Waals surface area contributed by atoms with E-state index in [1.165, 1.54) is 19.3 Å². The van der Waals surface area contributed by atoms with Gasteiger partial charge in [-0.3, -0.25) is 4.90 Å². The second-order valence-corrected chi connectivity index (χ2v) is 6.15. The van der Waals surface area contributed by atoms with E-state index in [1.807, 2.05) is 25.1 Å². The van der Waals surface area contributed by atoms with Crippen LogP contribution in [0.4, 0.5) is 0 Å². The van der Waals surface area contributed by atoms with Gasteiger partial charge in [0.2, 0.25) is 0 Å². The first-order valence-electron chi connectivity index (χ1n) is 7.37. The molecule has 1 fully saturated rings. The molecule has 2 atom stereocenters. The van der Waals surface area contributed by atoms with Crippen LogP contribution in [-0.2, 0) is 0 Å². The molecule has 1 heterocycles. The topological polar surface area (TPSA) is 32.7 Å². The lowest BCUT2D eigenvalue weighted by atomic mass is 10.0. The van der Waals surface area contributed by atoms with Crippen LogP contribution in [0.25, 0.3) is 0 Å². The number of halogens is 1. The van der Waals surface area contributed by atoms with Crippen molar-refractivity contribution in [3.05, 3.63) is 28.8 Å². The molecule has 1 aliphatic heterocycles. The third kappa shape index (κ3) is 4.37. The number of aliphatic hydroxyl groups is 1. The minimum absolute atomic E-state index is 0.325. The van der Waals surface area contributed by atoms with Crippen LogP contribution in [0, 0.1) is 6.92 Å². The van der Waals surface area contributed by atoms with Crippen LogP contribution < -0.4 is 4.74 Å². The smallest absolute Gasteiger partial charge is 0.122 e. The summed E-state index contributed by atoms with van der Waals surface area (Å²) in [6.45, 7) is 6.29. The fourth-order valence-corrected chi connectivity index (χ4v) is 2.94. The van der Waals surface area contributed by atoms with E-state index in [4.69, 9.17) is 16.3 Å². The molecule has 0 amide bonds. The Morgan fingerprint density at radius 1 is 1.45 bits per heavy atom. The molecule has 0 aliphatic carbocycles. The van der Waals surface area contributed by atoms with E-state index < -0.39 is 6.10 Å². The van der Waals surface area contributed by atoms with E-state index in [-0.39, 0.29) is 0 Å². The predicted octanol–water partition coefficient (Wildman–Crippen LogP) is 3.26. The lowest BCUT2D eigenvalue weighted by Gasteiger charge is -2.34. The molecule has 0 unspecified atom stereocenters. The summed E-state index contributed by atoms with van der Waals surface area (Å²) in [7, 11) is 0. The Bertz CT molecular complexity index is 438. The Balaban J connectivity index is 1.81. The number of likely N-dealkylation sites (tertiary alicyclic amines) is 1. The summed E-state index contributed by atoms with van der Waals surface area (Å²) in [5.41, 5.74) is 0.996. The van der Waals surface area contributed by atoms with Crippen LogP contribution in [-0.4, -0.2) is 41.8 Å². The number of piperidine rings is 1. The SMILES string of the molecule is Cc1cc(Cl)ccc1OC[C@@H](O)CN1CCCC[C@@H]1C. The summed E-state index contributed by atoms with van der Waals surface area (Å²) in [6, 6.07) is 6.10. The molecule has 3 nitrogen and oxygen atoms in total. The molecule has 0 saturated carbocycles. The second kappa shape index (κ2) is 7.30. The highest BCUT2D eigenvalue weighted by molar-refractivity contribution is 6.30. The molecule has 1 aliphatic rings. The molecule has 20 heavy (non-hydrogen) atoms. The van der Waals surface area contributed by atoms with Crippen molar-refractivity contribution in [2.45, 2.75) is 45.3 Å². The van der Waals surface area contributed by atoms with E-state index in [9.17, 15) is 5.11 Å². The number of rotatable bonds is 5. The summed E-state index contributed by atoms with van der Waals surface area (Å²) < 4.78 is 5.70. The zero-order chi connectivity index (χ0) is 14.5. The quantitative estimate of drug-likeness (QED) is 0.905. The van der Waals surface area contributed by atoms with E-state index in [1.54, 1.807) is 0 Å². The van der Waals surface area contributed by atoms with Gasteiger partial charge in [-0.25, -0.2) is 0 Å². The van der Waals surface area contributed by atoms with Gasteiger partial charge in [-0.05, 0) is 57.0 Å². The number of hydrogen-bond donors (Lipinski definition) is 1. The number of aryl methyl sites for hydroxylation is 1. The fraction of sp³-hybridized carbons (Fsp3) is 0.625. The highest BCUT2D eigenvalue weighted by Gasteiger charge is 2.21. The van der Waals surface area contributed by atoms with E-state index in [0.29, 0.717) is 24.2 Å². The summed E-state index contributed by atoms with van der Waals surface area (Å²) >= 11 is 5.91. The lowest BCUT2D eigenvalue weighted by molar-refractivity contribution is 0.0436. The van der Waals surface area contributed by atoms with Gasteiger partial charge in [0, 0.05) is 17.6 Å². The third-order valence-electron chi connectivity index (χ3n) is 3.95. The number of β-amino-alcohol motifs (C(OH)–C–C–N with tert-alkyl or cyclic N) is 1. The average molecular weight is 298 g/mol. The van der Waals surface area contributed by atoms with Crippen LogP contribution in [0.1, 0.15) is 31.7 Å². The van der Waals surface area contributed by atoms with Crippen molar-refractivity contribution in [2.24, 2.45) is 0 Å². The zero-order valence-corrected chi connectivity index (χ0v) is 13.1. The van der Waals surface area contributed by atoms with Gasteiger partial charge >= 0.3 is 0 Å². The van der Waals surface area contributed by atoms with Gasteiger partial charge in [-0.15, -0.1) is 0 Å². The zero-order valence-electron chi connectivity index (χ0n) is 12.3. The second-order valence-electron chi connectivity index (χ2n) is 5.71. The van der Waals surface area contributed by atoms with Crippen LogP contribution >= 0.6 is 11.6 Å². The third-order valence-corrected chi connectivity index (χ3v) is 4.19. The van der Waals surface area contributed by atoms with Crippen LogP contribution in [0.2, 0.25) is 5.02 Å². The van der Waals surface area contributed by atoms with Crippen molar-refractivity contribution in [1.29, 1.82) is 0 Å². The molecular weight excluding hydrogens is 274 g/mol. The minimum atomic E-state index is -0.453. The first-order valence-corrected chi connectivity index (χ1v) is 7.75. The van der Waals surface area contributed by atoms with Crippen LogP contribution in [0.3, 0.4) is 0 Å². The van der Waals surface area contributed by atoms with Crippen LogP contribution in [0.5, 0.6) is 5.75 Å². The maximum Gasteiger partial charge on any atom is 0.122 e. The number of benzene rings is 1. The molecule has 1 aromatic carbocycles. The van der Waals surface area contributed by atoms with Gasteiger partial charge in [0.15, 0.2) is 0 Å².